The van der Waals surface area contributed by atoms with Gasteiger partial charge in [0, 0.05) is 48.2 Å². The quantitative estimate of drug-likeness (QED) is 0.663. The lowest BCUT2D eigenvalue weighted by Gasteiger charge is -2.17. The second-order valence-electron chi connectivity index (χ2n) is 4.82. The molecule has 1 atom stereocenters. The Morgan fingerprint density at radius 3 is 2.80 bits per heavy atom. The number of likely N-dealkylation sites (N-methyl/N-ethyl adjacent to an activating group) is 1. The monoisotopic (exact) mass is 277 g/mol. The zero-order valence-electron chi connectivity index (χ0n) is 11.2. The molecule has 2 rings (SSSR count). The minimum absolute atomic E-state index is 0.0254. The van der Waals surface area contributed by atoms with Gasteiger partial charge in [-0.3, -0.25) is 10.1 Å². The molecule has 1 amide bonds. The third-order valence-electron chi connectivity index (χ3n) is 3.24. The zero-order valence-corrected chi connectivity index (χ0v) is 11.2. The molecule has 1 heterocycles. The largest absolute Gasteiger partial charge is 0.465 e. The molecule has 7 heteroatoms. The molecule has 2 N–H and O–H groups in total. The number of fused-ring (bicyclic) bond motifs is 1. The number of hydrogen-bond acceptors (Lipinski definition) is 3. The van der Waals surface area contributed by atoms with E-state index in [4.69, 9.17) is 5.11 Å². The van der Waals surface area contributed by atoms with Crippen LogP contribution in [0.2, 0.25) is 0 Å². The molecule has 0 saturated carbocycles. The van der Waals surface area contributed by atoms with E-state index < -0.39 is 11.0 Å². The normalized spacial score (nSPS) is 12.3. The fourth-order valence-corrected chi connectivity index (χ4v) is 2.11. The maximum atomic E-state index is 10.8. The van der Waals surface area contributed by atoms with Crippen molar-refractivity contribution in [2.45, 2.75) is 12.8 Å². The number of carbonyl (C=O) groups is 1. The molecule has 7 nitrogen and oxygen atoms in total. The summed E-state index contributed by atoms with van der Waals surface area (Å²) in [7, 11) is 1.51. The van der Waals surface area contributed by atoms with E-state index in [1.165, 1.54) is 24.1 Å². The maximum Gasteiger partial charge on any atom is 0.407 e. The summed E-state index contributed by atoms with van der Waals surface area (Å²) in [5, 5.41) is 20.3. The fraction of sp³-hybridized carbons (Fsp3) is 0.308. The van der Waals surface area contributed by atoms with Crippen molar-refractivity contribution in [3.8, 4) is 0 Å². The van der Waals surface area contributed by atoms with E-state index in [0.717, 1.165) is 16.6 Å². The van der Waals surface area contributed by atoms with Crippen LogP contribution in [-0.4, -0.2) is 39.6 Å². The van der Waals surface area contributed by atoms with Crippen molar-refractivity contribution in [1.29, 1.82) is 0 Å². The number of aromatic amines is 1. The minimum Gasteiger partial charge on any atom is -0.465 e. The number of hydrogen-bond donors (Lipinski definition) is 2. The number of non-ortho nitro benzene ring substituents is 1. The highest BCUT2D eigenvalue weighted by molar-refractivity contribution is 5.83. The van der Waals surface area contributed by atoms with Gasteiger partial charge in [-0.25, -0.2) is 4.79 Å². The van der Waals surface area contributed by atoms with Crippen LogP contribution in [0.15, 0.2) is 24.3 Å². The molecule has 0 aliphatic carbocycles. The van der Waals surface area contributed by atoms with E-state index in [9.17, 15) is 14.9 Å². The standard InChI is InChI=1S/C13H15N3O4/c1-8(7-15(2)13(17)18)12-6-9-5-10(16(19)20)3-4-11(9)14-12/h3-6,8,14H,7H2,1-2H3,(H,17,18). The third kappa shape index (κ3) is 2.71. The Bertz CT molecular complexity index is 665. The third-order valence-corrected chi connectivity index (χ3v) is 3.24. The van der Waals surface area contributed by atoms with Crippen LogP contribution < -0.4 is 0 Å². The SMILES string of the molecule is CC(CN(C)C(=O)O)c1cc2cc([N+](=O)[O-])ccc2[nH]1. The average Bonchev–Trinajstić information content (AvgIpc) is 2.80. The molecule has 106 valence electrons. The van der Waals surface area contributed by atoms with Crippen LogP contribution in [-0.2, 0) is 0 Å². The second-order valence-corrected chi connectivity index (χ2v) is 4.82. The topological polar surface area (TPSA) is 99.5 Å². The summed E-state index contributed by atoms with van der Waals surface area (Å²) in [6.07, 6.45) is -0.983. The van der Waals surface area contributed by atoms with E-state index in [1.54, 1.807) is 6.07 Å². The van der Waals surface area contributed by atoms with Crippen LogP contribution in [0.4, 0.5) is 10.5 Å². The smallest absolute Gasteiger partial charge is 0.407 e. The maximum absolute atomic E-state index is 10.8. The Balaban J connectivity index is 2.27. The average molecular weight is 277 g/mol. The Hall–Kier alpha value is -2.57. The Kier molecular flexibility index (Phi) is 3.60. The van der Waals surface area contributed by atoms with Gasteiger partial charge >= 0.3 is 6.09 Å². The van der Waals surface area contributed by atoms with Gasteiger partial charge in [-0.05, 0) is 12.1 Å². The van der Waals surface area contributed by atoms with Crippen molar-refractivity contribution >= 4 is 22.7 Å². The molecule has 20 heavy (non-hydrogen) atoms. The summed E-state index contributed by atoms with van der Waals surface area (Å²) in [6.45, 7) is 2.25. The number of nitrogens with zero attached hydrogens (tertiary/aromatic N) is 2. The van der Waals surface area contributed by atoms with E-state index in [2.05, 4.69) is 4.98 Å². The highest BCUT2D eigenvalue weighted by Crippen LogP contribution is 2.25. The molecule has 1 aromatic heterocycles. The van der Waals surface area contributed by atoms with Gasteiger partial charge in [-0.1, -0.05) is 6.92 Å². The lowest BCUT2D eigenvalue weighted by atomic mass is 10.1. The van der Waals surface area contributed by atoms with Crippen LogP contribution >= 0.6 is 0 Å². The molecule has 1 aromatic carbocycles. The van der Waals surface area contributed by atoms with Gasteiger partial charge in [-0.15, -0.1) is 0 Å². The predicted octanol–water partition coefficient (Wildman–Crippen LogP) is 2.79. The minimum atomic E-state index is -0.983. The highest BCUT2D eigenvalue weighted by Gasteiger charge is 2.15. The van der Waals surface area contributed by atoms with Gasteiger partial charge in [0.05, 0.1) is 4.92 Å². The van der Waals surface area contributed by atoms with Crippen LogP contribution in [0.3, 0.4) is 0 Å². The molecule has 0 spiro atoms. The fourth-order valence-electron chi connectivity index (χ4n) is 2.11. The lowest BCUT2D eigenvalue weighted by Crippen LogP contribution is -2.28. The molecule has 0 radical (unpaired) electrons. The molecular weight excluding hydrogens is 262 g/mol. The van der Waals surface area contributed by atoms with Gasteiger partial charge < -0.3 is 15.0 Å². The first-order valence-corrected chi connectivity index (χ1v) is 6.09. The molecule has 0 bridgehead atoms. The summed E-state index contributed by atoms with van der Waals surface area (Å²) in [6, 6.07) is 6.42. The van der Waals surface area contributed by atoms with Crippen molar-refractivity contribution < 1.29 is 14.8 Å². The number of aromatic nitrogens is 1. The van der Waals surface area contributed by atoms with E-state index >= 15 is 0 Å². The number of carboxylic acid groups (broad SMARTS) is 1. The Labute approximate surface area is 115 Å². The van der Waals surface area contributed by atoms with Gasteiger partial charge in [0.15, 0.2) is 0 Å². The summed E-state index contributed by atoms with van der Waals surface area (Å²) in [5.41, 5.74) is 1.70. The van der Waals surface area contributed by atoms with Crippen LogP contribution in [0.1, 0.15) is 18.5 Å². The molecule has 0 aliphatic heterocycles. The number of nitrogens with one attached hydrogen (secondary N) is 1. The van der Waals surface area contributed by atoms with Gasteiger partial charge in [0.25, 0.3) is 5.69 Å². The number of benzene rings is 1. The van der Waals surface area contributed by atoms with Crippen molar-refractivity contribution in [2.75, 3.05) is 13.6 Å². The summed E-state index contributed by atoms with van der Waals surface area (Å²) in [4.78, 5) is 25.5. The number of H-pyrrole nitrogens is 1. The number of amides is 1. The number of rotatable bonds is 4. The second kappa shape index (κ2) is 5.20. The number of nitro groups is 1. The highest BCUT2D eigenvalue weighted by atomic mass is 16.6. The Morgan fingerprint density at radius 1 is 1.50 bits per heavy atom. The van der Waals surface area contributed by atoms with Crippen molar-refractivity contribution in [3.63, 3.8) is 0 Å². The van der Waals surface area contributed by atoms with Crippen molar-refractivity contribution in [1.82, 2.24) is 9.88 Å². The summed E-state index contributed by atoms with van der Waals surface area (Å²) < 4.78 is 0. The first-order valence-electron chi connectivity index (χ1n) is 6.09. The van der Waals surface area contributed by atoms with Crippen molar-refractivity contribution in [2.24, 2.45) is 0 Å². The molecule has 0 saturated heterocycles. The van der Waals surface area contributed by atoms with E-state index in [-0.39, 0.29) is 11.6 Å². The summed E-state index contributed by atoms with van der Waals surface area (Å²) in [5.74, 6) is -0.0254. The van der Waals surface area contributed by atoms with Gasteiger partial charge in [-0.2, -0.15) is 0 Å². The van der Waals surface area contributed by atoms with Crippen LogP contribution in [0, 0.1) is 10.1 Å². The first-order chi connectivity index (χ1) is 9.38. The zero-order chi connectivity index (χ0) is 14.9. The molecule has 0 fully saturated rings. The van der Waals surface area contributed by atoms with Crippen LogP contribution in [0.5, 0.6) is 0 Å². The Morgan fingerprint density at radius 2 is 2.20 bits per heavy atom. The van der Waals surface area contributed by atoms with Crippen LogP contribution in [0.25, 0.3) is 10.9 Å². The molecule has 1 unspecified atom stereocenters. The van der Waals surface area contributed by atoms with Crippen molar-refractivity contribution in [3.05, 3.63) is 40.1 Å². The molecular formula is C13H15N3O4. The summed E-state index contributed by atoms with van der Waals surface area (Å²) >= 11 is 0. The van der Waals surface area contributed by atoms with Gasteiger partial charge in [0.2, 0.25) is 0 Å². The molecule has 0 aliphatic rings. The predicted molar refractivity (Wildman–Crippen MR) is 74.0 cm³/mol. The van der Waals surface area contributed by atoms with E-state index in [1.807, 2.05) is 13.0 Å². The lowest BCUT2D eigenvalue weighted by molar-refractivity contribution is -0.384. The molecule has 2 aromatic rings. The number of nitro benzene ring substituents is 1. The first kappa shape index (κ1) is 13.9. The van der Waals surface area contributed by atoms with Gasteiger partial charge in [0.1, 0.15) is 0 Å². The van der Waals surface area contributed by atoms with E-state index in [0.29, 0.717) is 6.54 Å².